The van der Waals surface area contributed by atoms with Gasteiger partial charge in [0.05, 0.1) is 0 Å². The second kappa shape index (κ2) is 7.23. The molecule has 3 rings (SSSR count). The van der Waals surface area contributed by atoms with Gasteiger partial charge >= 0.3 is 5.97 Å². The number of nitrogens with zero attached hydrogens (tertiary/aromatic N) is 1. The molecule has 138 valence electrons. The Morgan fingerprint density at radius 3 is 2.62 bits per heavy atom. The zero-order valence-corrected chi connectivity index (χ0v) is 15.2. The summed E-state index contributed by atoms with van der Waals surface area (Å²) in [5.41, 5.74) is 2.19. The fourth-order valence-electron chi connectivity index (χ4n) is 2.94. The van der Waals surface area contributed by atoms with Gasteiger partial charge in [-0.1, -0.05) is 17.7 Å². The minimum absolute atomic E-state index is 0.0198. The van der Waals surface area contributed by atoms with Crippen LogP contribution < -0.4 is 4.74 Å². The first-order valence-electron chi connectivity index (χ1n) is 8.71. The highest BCUT2D eigenvalue weighted by Gasteiger charge is 2.39. The number of aryl methyl sites for hydroxylation is 2. The highest BCUT2D eigenvalue weighted by Crippen LogP contribution is 2.30. The van der Waals surface area contributed by atoms with E-state index in [1.807, 2.05) is 32.0 Å². The van der Waals surface area contributed by atoms with Crippen molar-refractivity contribution >= 4 is 11.9 Å². The molecule has 0 aliphatic heterocycles. The fourth-order valence-corrected chi connectivity index (χ4v) is 2.94. The van der Waals surface area contributed by atoms with E-state index in [1.165, 1.54) is 11.8 Å². The SMILES string of the molecule is Cc1ccc(OCc2ccc(C(=O)N(C3CC3)C(C)C(=O)O)o2)c(C)c1. The quantitative estimate of drug-likeness (QED) is 0.820. The van der Waals surface area contributed by atoms with E-state index in [0.29, 0.717) is 5.76 Å². The molecule has 0 bridgehead atoms. The largest absolute Gasteiger partial charge is 0.485 e. The topological polar surface area (TPSA) is 80.0 Å². The number of benzene rings is 1. The Kier molecular flexibility index (Phi) is 5.02. The van der Waals surface area contributed by atoms with Crippen molar-refractivity contribution in [2.45, 2.75) is 52.3 Å². The third-order valence-electron chi connectivity index (χ3n) is 4.52. The van der Waals surface area contributed by atoms with Gasteiger partial charge in [-0.25, -0.2) is 4.79 Å². The van der Waals surface area contributed by atoms with E-state index < -0.39 is 12.0 Å². The summed E-state index contributed by atoms with van der Waals surface area (Å²) in [7, 11) is 0. The predicted octanol–water partition coefficient (Wildman–Crippen LogP) is 3.55. The first-order chi connectivity index (χ1) is 12.4. The molecule has 0 radical (unpaired) electrons. The van der Waals surface area contributed by atoms with E-state index in [0.717, 1.165) is 29.7 Å². The minimum Gasteiger partial charge on any atom is -0.485 e. The van der Waals surface area contributed by atoms with Crippen LogP contribution in [0.3, 0.4) is 0 Å². The monoisotopic (exact) mass is 357 g/mol. The van der Waals surface area contributed by atoms with Crippen molar-refractivity contribution in [3.8, 4) is 5.75 Å². The molecule has 1 unspecified atom stereocenters. The van der Waals surface area contributed by atoms with Gasteiger partial charge < -0.3 is 19.2 Å². The van der Waals surface area contributed by atoms with Gasteiger partial charge in [0.15, 0.2) is 5.76 Å². The molecule has 1 aliphatic rings. The van der Waals surface area contributed by atoms with Crippen molar-refractivity contribution < 1.29 is 23.8 Å². The van der Waals surface area contributed by atoms with Gasteiger partial charge in [-0.2, -0.15) is 0 Å². The maximum absolute atomic E-state index is 12.7. The van der Waals surface area contributed by atoms with Crippen LogP contribution in [0.25, 0.3) is 0 Å². The summed E-state index contributed by atoms with van der Waals surface area (Å²) in [4.78, 5) is 25.4. The molecule has 1 N–H and O–H groups in total. The molecule has 6 heteroatoms. The maximum Gasteiger partial charge on any atom is 0.326 e. The average molecular weight is 357 g/mol. The van der Waals surface area contributed by atoms with Crippen molar-refractivity contribution in [1.29, 1.82) is 0 Å². The summed E-state index contributed by atoms with van der Waals surface area (Å²) in [5, 5.41) is 9.24. The van der Waals surface area contributed by atoms with Crippen LogP contribution in [-0.4, -0.2) is 34.0 Å². The number of carboxylic acids is 1. The molecular formula is C20H23NO5. The molecule has 1 aromatic carbocycles. The molecule has 1 aliphatic carbocycles. The van der Waals surface area contributed by atoms with Crippen molar-refractivity contribution in [3.05, 3.63) is 53.0 Å². The smallest absolute Gasteiger partial charge is 0.326 e. The van der Waals surface area contributed by atoms with Crippen LogP contribution in [0.2, 0.25) is 0 Å². The van der Waals surface area contributed by atoms with Crippen LogP contribution in [0, 0.1) is 13.8 Å². The number of carbonyl (C=O) groups excluding carboxylic acids is 1. The lowest BCUT2D eigenvalue weighted by Gasteiger charge is -2.25. The zero-order valence-electron chi connectivity index (χ0n) is 15.2. The Morgan fingerprint density at radius 2 is 2.00 bits per heavy atom. The van der Waals surface area contributed by atoms with Crippen LogP contribution in [-0.2, 0) is 11.4 Å². The van der Waals surface area contributed by atoms with Gasteiger partial charge in [0.1, 0.15) is 24.2 Å². The summed E-state index contributed by atoms with van der Waals surface area (Å²) in [6.07, 6.45) is 1.65. The first-order valence-corrected chi connectivity index (χ1v) is 8.71. The van der Waals surface area contributed by atoms with Crippen molar-refractivity contribution in [1.82, 2.24) is 4.90 Å². The number of furan rings is 1. The molecule has 26 heavy (non-hydrogen) atoms. The van der Waals surface area contributed by atoms with E-state index >= 15 is 0 Å². The number of rotatable bonds is 7. The molecule has 1 fully saturated rings. The van der Waals surface area contributed by atoms with E-state index in [1.54, 1.807) is 12.1 Å². The maximum atomic E-state index is 12.7. The molecule has 0 saturated heterocycles. The van der Waals surface area contributed by atoms with Gasteiger partial charge in [-0.05, 0) is 57.4 Å². The van der Waals surface area contributed by atoms with E-state index in [2.05, 4.69) is 0 Å². The Labute approximate surface area is 152 Å². The first kappa shape index (κ1) is 18.0. The summed E-state index contributed by atoms with van der Waals surface area (Å²) in [6, 6.07) is 8.28. The third-order valence-corrected chi connectivity index (χ3v) is 4.52. The average Bonchev–Trinajstić information content (AvgIpc) is 3.30. The van der Waals surface area contributed by atoms with Gasteiger partial charge in [-0.15, -0.1) is 0 Å². The molecule has 6 nitrogen and oxygen atoms in total. The molecule has 0 spiro atoms. The number of carbonyl (C=O) groups is 2. The van der Waals surface area contributed by atoms with E-state index in [-0.39, 0.29) is 24.3 Å². The highest BCUT2D eigenvalue weighted by atomic mass is 16.5. The Bertz CT molecular complexity index is 821. The van der Waals surface area contributed by atoms with Crippen molar-refractivity contribution in [2.24, 2.45) is 0 Å². The molecular weight excluding hydrogens is 334 g/mol. The van der Waals surface area contributed by atoms with E-state index in [9.17, 15) is 14.7 Å². The van der Waals surface area contributed by atoms with Gasteiger partial charge in [-0.3, -0.25) is 4.79 Å². The number of ether oxygens (including phenoxy) is 1. The van der Waals surface area contributed by atoms with Crippen LogP contribution in [0.5, 0.6) is 5.75 Å². The third kappa shape index (κ3) is 3.90. The number of hydrogen-bond acceptors (Lipinski definition) is 4. The second-order valence-corrected chi connectivity index (χ2v) is 6.78. The van der Waals surface area contributed by atoms with Gasteiger partial charge in [0.25, 0.3) is 5.91 Å². The summed E-state index contributed by atoms with van der Waals surface area (Å²) in [6.45, 7) is 5.71. The molecule has 1 atom stereocenters. The standard InChI is InChI=1S/C20H23NO5/c1-12-4-8-17(13(2)10-12)25-11-16-7-9-18(26-16)19(22)21(15-5-6-15)14(3)20(23)24/h4,7-10,14-15H,5-6,11H2,1-3H3,(H,23,24). The normalized spacial score (nSPS) is 14.7. The molecule has 1 amide bonds. The predicted molar refractivity (Wildman–Crippen MR) is 95.2 cm³/mol. The van der Waals surface area contributed by atoms with Crippen LogP contribution in [0.1, 0.15) is 47.2 Å². The lowest BCUT2D eigenvalue weighted by Crippen LogP contribution is -2.44. The number of carboxylic acid groups (broad SMARTS) is 1. The van der Waals surface area contributed by atoms with Crippen molar-refractivity contribution in [2.75, 3.05) is 0 Å². The molecule has 2 aromatic rings. The van der Waals surface area contributed by atoms with Gasteiger partial charge in [0.2, 0.25) is 0 Å². The number of hydrogen-bond donors (Lipinski definition) is 1. The lowest BCUT2D eigenvalue weighted by molar-refractivity contribution is -0.141. The minimum atomic E-state index is -1.02. The summed E-state index contributed by atoms with van der Waals surface area (Å²) >= 11 is 0. The number of aliphatic carboxylic acids is 1. The summed E-state index contributed by atoms with van der Waals surface area (Å²) in [5.74, 6) is 0.0191. The highest BCUT2D eigenvalue weighted by molar-refractivity contribution is 5.94. The fraction of sp³-hybridized carbons (Fsp3) is 0.400. The molecule has 1 heterocycles. The zero-order chi connectivity index (χ0) is 18.8. The van der Waals surface area contributed by atoms with E-state index in [4.69, 9.17) is 9.15 Å². The Morgan fingerprint density at radius 1 is 1.27 bits per heavy atom. The van der Waals surface area contributed by atoms with Crippen molar-refractivity contribution in [3.63, 3.8) is 0 Å². The Balaban J connectivity index is 1.68. The molecule has 1 saturated carbocycles. The second-order valence-electron chi connectivity index (χ2n) is 6.78. The molecule has 1 aromatic heterocycles. The van der Waals surface area contributed by atoms with Crippen LogP contribution >= 0.6 is 0 Å². The number of amides is 1. The van der Waals surface area contributed by atoms with Gasteiger partial charge in [0, 0.05) is 6.04 Å². The lowest BCUT2D eigenvalue weighted by atomic mass is 10.1. The van der Waals surface area contributed by atoms with Crippen LogP contribution in [0.15, 0.2) is 34.7 Å². The Hall–Kier alpha value is -2.76. The van der Waals surface area contributed by atoms with Crippen LogP contribution in [0.4, 0.5) is 0 Å². The summed E-state index contributed by atoms with van der Waals surface area (Å²) < 4.78 is 11.4.